The first-order valence-electron chi connectivity index (χ1n) is 8.90. The Morgan fingerprint density at radius 2 is 2.00 bits per heavy atom. The molecule has 2 amide bonds. The van der Waals surface area contributed by atoms with E-state index in [0.717, 1.165) is 12.8 Å². The maximum atomic E-state index is 13.4. The molecule has 0 N–H and O–H groups in total. The average molecular weight is 365 g/mol. The summed E-state index contributed by atoms with van der Waals surface area (Å²) in [7, 11) is 0. The molecule has 6 heteroatoms. The number of carbonyl (C=O) groups is 2. The third kappa shape index (κ3) is 3.98. The number of hydrogen-bond acceptors (Lipinski definition) is 3. The fraction of sp³-hybridized carbons (Fsp3) is 0.286. The number of ketones is 1. The van der Waals surface area contributed by atoms with Gasteiger partial charge in [0.1, 0.15) is 5.82 Å². The summed E-state index contributed by atoms with van der Waals surface area (Å²) in [6.45, 7) is 2.43. The van der Waals surface area contributed by atoms with Crippen LogP contribution in [0.25, 0.3) is 0 Å². The standard InChI is InChI=1S/C21H20FN3O2/c1-2-4-19-13-24(18-9-7-15(12-23)8-10-18)21(27)25(19)14-20(26)16-5-3-6-17(22)11-16/h3,5-11,19H,2,4,13-14H2,1H3/t19-/m0/s1. The summed E-state index contributed by atoms with van der Waals surface area (Å²) >= 11 is 0. The van der Waals surface area contributed by atoms with E-state index in [1.807, 2.05) is 6.92 Å². The van der Waals surface area contributed by atoms with Gasteiger partial charge in [0.25, 0.3) is 0 Å². The highest BCUT2D eigenvalue weighted by Crippen LogP contribution is 2.26. The van der Waals surface area contributed by atoms with Gasteiger partial charge in [-0.1, -0.05) is 25.5 Å². The van der Waals surface area contributed by atoms with Crippen molar-refractivity contribution in [1.82, 2.24) is 4.90 Å². The van der Waals surface area contributed by atoms with Gasteiger partial charge >= 0.3 is 6.03 Å². The van der Waals surface area contributed by atoms with Crippen LogP contribution in [0, 0.1) is 17.1 Å². The molecule has 0 spiro atoms. The van der Waals surface area contributed by atoms with Crippen molar-refractivity contribution in [2.45, 2.75) is 25.8 Å². The van der Waals surface area contributed by atoms with Gasteiger partial charge in [-0.15, -0.1) is 0 Å². The van der Waals surface area contributed by atoms with Gasteiger partial charge in [-0.3, -0.25) is 9.69 Å². The lowest BCUT2D eigenvalue weighted by molar-refractivity contribution is 0.0935. The van der Waals surface area contributed by atoms with Crippen LogP contribution in [-0.2, 0) is 0 Å². The molecule has 2 aromatic carbocycles. The predicted molar refractivity (Wildman–Crippen MR) is 100 cm³/mol. The van der Waals surface area contributed by atoms with Crippen LogP contribution in [0.4, 0.5) is 14.9 Å². The number of hydrogen-bond donors (Lipinski definition) is 0. The van der Waals surface area contributed by atoms with Gasteiger partial charge < -0.3 is 4.90 Å². The minimum absolute atomic E-state index is 0.0836. The molecule has 1 aliphatic heterocycles. The van der Waals surface area contributed by atoms with E-state index < -0.39 is 5.82 Å². The molecule has 1 fully saturated rings. The van der Waals surface area contributed by atoms with E-state index in [-0.39, 0.29) is 30.0 Å². The number of carbonyl (C=O) groups excluding carboxylic acids is 2. The summed E-state index contributed by atoms with van der Waals surface area (Å²) in [5, 5.41) is 8.92. The van der Waals surface area contributed by atoms with Crippen LogP contribution in [-0.4, -0.2) is 35.8 Å². The van der Waals surface area contributed by atoms with E-state index in [2.05, 4.69) is 6.07 Å². The zero-order chi connectivity index (χ0) is 19.4. The summed E-state index contributed by atoms with van der Waals surface area (Å²) in [6.07, 6.45) is 1.65. The lowest BCUT2D eigenvalue weighted by atomic mass is 10.1. The highest BCUT2D eigenvalue weighted by molar-refractivity contribution is 6.02. The van der Waals surface area contributed by atoms with Crippen LogP contribution < -0.4 is 4.90 Å². The second-order valence-corrected chi connectivity index (χ2v) is 6.56. The van der Waals surface area contributed by atoms with Gasteiger partial charge in [0.15, 0.2) is 5.78 Å². The monoisotopic (exact) mass is 365 g/mol. The van der Waals surface area contributed by atoms with Crippen LogP contribution in [0.15, 0.2) is 48.5 Å². The average Bonchev–Trinajstić information content (AvgIpc) is 2.98. The molecule has 27 heavy (non-hydrogen) atoms. The predicted octanol–water partition coefficient (Wildman–Crippen LogP) is 3.99. The first-order valence-corrected chi connectivity index (χ1v) is 8.90. The molecule has 1 aliphatic rings. The summed E-state index contributed by atoms with van der Waals surface area (Å²) in [4.78, 5) is 28.7. The van der Waals surface area contributed by atoms with Crippen LogP contribution in [0.5, 0.6) is 0 Å². The van der Waals surface area contributed by atoms with Crippen molar-refractivity contribution in [2.24, 2.45) is 0 Å². The van der Waals surface area contributed by atoms with Gasteiger partial charge in [0.2, 0.25) is 0 Å². The Kier molecular flexibility index (Phi) is 5.51. The normalized spacial score (nSPS) is 16.5. The number of amides is 2. The minimum Gasteiger partial charge on any atom is -0.312 e. The Balaban J connectivity index is 1.81. The maximum absolute atomic E-state index is 13.4. The highest BCUT2D eigenvalue weighted by Gasteiger charge is 2.38. The molecule has 5 nitrogen and oxygen atoms in total. The van der Waals surface area contributed by atoms with Crippen molar-refractivity contribution in [3.05, 3.63) is 65.5 Å². The van der Waals surface area contributed by atoms with Crippen molar-refractivity contribution < 1.29 is 14.0 Å². The molecule has 0 unspecified atom stereocenters. The minimum atomic E-state index is -0.474. The molecular weight excluding hydrogens is 345 g/mol. The van der Waals surface area contributed by atoms with E-state index in [4.69, 9.17) is 5.26 Å². The number of nitriles is 1. The van der Waals surface area contributed by atoms with E-state index in [1.165, 1.54) is 18.2 Å². The quantitative estimate of drug-likeness (QED) is 0.727. The Labute approximate surface area is 157 Å². The molecule has 1 heterocycles. The highest BCUT2D eigenvalue weighted by atomic mass is 19.1. The second kappa shape index (κ2) is 8.00. The summed E-state index contributed by atoms with van der Waals surface area (Å²) in [5.74, 6) is -0.761. The van der Waals surface area contributed by atoms with Crippen molar-refractivity contribution >= 4 is 17.5 Å². The van der Waals surface area contributed by atoms with E-state index in [0.29, 0.717) is 17.8 Å². The molecule has 2 aromatic rings. The third-order valence-corrected chi connectivity index (χ3v) is 4.70. The van der Waals surface area contributed by atoms with Crippen LogP contribution in [0.3, 0.4) is 0 Å². The van der Waals surface area contributed by atoms with Gasteiger partial charge in [0.05, 0.1) is 24.2 Å². The Morgan fingerprint density at radius 1 is 1.26 bits per heavy atom. The second-order valence-electron chi connectivity index (χ2n) is 6.56. The van der Waals surface area contributed by atoms with Crippen molar-refractivity contribution in [3.63, 3.8) is 0 Å². The van der Waals surface area contributed by atoms with Gasteiger partial charge in [-0.2, -0.15) is 5.26 Å². The number of rotatable bonds is 6. The molecule has 3 rings (SSSR count). The number of Topliss-reactive ketones (excluding diaryl/α,β-unsaturated/α-hetero) is 1. The molecule has 0 radical (unpaired) electrons. The lowest BCUT2D eigenvalue weighted by Crippen LogP contribution is -2.39. The first kappa shape index (κ1) is 18.6. The smallest absolute Gasteiger partial charge is 0.312 e. The zero-order valence-corrected chi connectivity index (χ0v) is 15.1. The molecule has 1 atom stereocenters. The largest absolute Gasteiger partial charge is 0.325 e. The summed E-state index contributed by atoms with van der Waals surface area (Å²) in [5.41, 5.74) is 1.48. The zero-order valence-electron chi connectivity index (χ0n) is 15.1. The molecule has 138 valence electrons. The fourth-order valence-corrected chi connectivity index (χ4v) is 3.32. The molecular formula is C21H20FN3O2. The summed E-state index contributed by atoms with van der Waals surface area (Å²) in [6, 6.07) is 14.0. The number of urea groups is 1. The van der Waals surface area contributed by atoms with Crippen molar-refractivity contribution in [2.75, 3.05) is 18.0 Å². The van der Waals surface area contributed by atoms with Crippen molar-refractivity contribution in [3.8, 4) is 6.07 Å². The first-order chi connectivity index (χ1) is 13.0. The molecule has 1 saturated heterocycles. The molecule has 0 saturated carbocycles. The van der Waals surface area contributed by atoms with Gasteiger partial charge in [-0.05, 0) is 42.8 Å². The lowest BCUT2D eigenvalue weighted by Gasteiger charge is -2.22. The van der Waals surface area contributed by atoms with E-state index in [1.54, 1.807) is 40.1 Å². The van der Waals surface area contributed by atoms with E-state index in [9.17, 15) is 14.0 Å². The van der Waals surface area contributed by atoms with Crippen LogP contribution >= 0.6 is 0 Å². The van der Waals surface area contributed by atoms with Gasteiger partial charge in [-0.25, -0.2) is 9.18 Å². The SMILES string of the molecule is CCC[C@H]1CN(c2ccc(C#N)cc2)C(=O)N1CC(=O)c1cccc(F)c1. The number of nitrogens with zero attached hydrogens (tertiary/aromatic N) is 3. The molecule has 0 aromatic heterocycles. The Bertz CT molecular complexity index is 889. The molecule has 0 aliphatic carbocycles. The Hall–Kier alpha value is -3.20. The Morgan fingerprint density at radius 3 is 2.63 bits per heavy atom. The number of anilines is 1. The topological polar surface area (TPSA) is 64.4 Å². The summed E-state index contributed by atoms with van der Waals surface area (Å²) < 4.78 is 13.4. The van der Waals surface area contributed by atoms with Crippen LogP contribution in [0.2, 0.25) is 0 Å². The van der Waals surface area contributed by atoms with Crippen LogP contribution in [0.1, 0.15) is 35.7 Å². The van der Waals surface area contributed by atoms with Gasteiger partial charge in [0, 0.05) is 17.8 Å². The van der Waals surface area contributed by atoms with E-state index >= 15 is 0 Å². The molecule has 0 bridgehead atoms. The fourth-order valence-electron chi connectivity index (χ4n) is 3.32. The number of halogens is 1. The third-order valence-electron chi connectivity index (χ3n) is 4.70. The van der Waals surface area contributed by atoms with Crippen molar-refractivity contribution in [1.29, 1.82) is 5.26 Å². The number of benzene rings is 2. The maximum Gasteiger partial charge on any atom is 0.325 e.